The second kappa shape index (κ2) is 11.4. The van der Waals surface area contributed by atoms with Gasteiger partial charge >= 0.3 is 20.1 Å². The van der Waals surface area contributed by atoms with Gasteiger partial charge in [0, 0.05) is 46.4 Å². The zero-order chi connectivity index (χ0) is 25.1. The summed E-state index contributed by atoms with van der Waals surface area (Å²) in [7, 11) is 0. The van der Waals surface area contributed by atoms with Gasteiger partial charge in [-0.05, 0) is 47.5 Å². The third-order valence-corrected chi connectivity index (χ3v) is 5.61. The number of aromatic nitrogens is 2. The smallest absolute Gasteiger partial charge is 0.256 e. The van der Waals surface area contributed by atoms with Crippen LogP contribution >= 0.6 is 0 Å². The van der Waals surface area contributed by atoms with Crippen LogP contribution in [-0.2, 0) is 20.1 Å². The molecule has 0 saturated heterocycles. The van der Waals surface area contributed by atoms with Crippen molar-refractivity contribution in [2.45, 2.75) is 0 Å². The van der Waals surface area contributed by atoms with E-state index in [-0.39, 0.29) is 20.1 Å². The molecule has 0 aliphatic rings. The Morgan fingerprint density at radius 2 is 0.784 bits per heavy atom. The first-order valence-corrected chi connectivity index (χ1v) is 11.1. The minimum atomic E-state index is -0.585. The molecule has 0 aliphatic carbocycles. The van der Waals surface area contributed by atoms with E-state index < -0.39 is 23.3 Å². The van der Waals surface area contributed by atoms with Gasteiger partial charge in [-0.3, -0.25) is 9.97 Å². The Labute approximate surface area is 224 Å². The number of para-hydroxylation sites is 2. The minimum Gasteiger partial charge on any atom is -0.256 e. The summed E-state index contributed by atoms with van der Waals surface area (Å²) in [6.45, 7) is 0. The van der Waals surface area contributed by atoms with Gasteiger partial charge in [-0.15, -0.1) is 0 Å². The predicted octanol–water partition coefficient (Wildman–Crippen LogP) is 8.36. The molecule has 0 saturated carbocycles. The molecule has 0 spiro atoms. The van der Waals surface area contributed by atoms with E-state index in [9.17, 15) is 17.6 Å². The molecule has 2 heterocycles. The van der Waals surface area contributed by atoms with Crippen LogP contribution in [0.15, 0.2) is 109 Å². The second-order valence-corrected chi connectivity index (χ2v) is 8.08. The molecular weight excluding hydrogens is 657 g/mol. The Morgan fingerprint density at radius 3 is 1.16 bits per heavy atom. The summed E-state index contributed by atoms with van der Waals surface area (Å²) < 4.78 is 53.0. The van der Waals surface area contributed by atoms with Crippen molar-refractivity contribution < 1.29 is 37.7 Å². The van der Waals surface area contributed by atoms with Crippen LogP contribution < -0.4 is 0 Å². The molecule has 0 radical (unpaired) electrons. The quantitative estimate of drug-likeness (QED) is 0.173. The van der Waals surface area contributed by atoms with Crippen molar-refractivity contribution >= 4 is 21.8 Å². The van der Waals surface area contributed by atoms with Crippen LogP contribution in [0.5, 0.6) is 0 Å². The van der Waals surface area contributed by atoms with E-state index in [2.05, 4.69) is 9.97 Å². The van der Waals surface area contributed by atoms with Crippen molar-refractivity contribution in [3.63, 3.8) is 0 Å². The average molecular weight is 675 g/mol. The summed E-state index contributed by atoms with van der Waals surface area (Å²) in [6, 6.07) is 25.6. The van der Waals surface area contributed by atoms with E-state index in [1.54, 1.807) is 12.4 Å². The first-order chi connectivity index (χ1) is 17.5. The van der Waals surface area contributed by atoms with Gasteiger partial charge in [-0.1, -0.05) is 48.5 Å². The number of pyridine rings is 2. The average Bonchev–Trinajstić information content (AvgIpc) is 2.87. The molecule has 6 rings (SSSR count). The molecule has 2 aromatic heterocycles. The molecule has 0 amide bonds. The summed E-state index contributed by atoms with van der Waals surface area (Å²) >= 11 is 0. The SMILES string of the molecule is Fc1cc(F)cc(-c2cccc3cccnc23)c1.Fc1cc(F)cc(-c2cccc3cccnc23)c1.[Ir+3]. The molecule has 7 heteroatoms. The molecule has 0 unspecified atom stereocenters. The Balaban J connectivity index is 0.000000168. The maximum atomic E-state index is 13.3. The molecule has 182 valence electrons. The molecular formula is C30H18F4IrN2+3. The maximum absolute atomic E-state index is 13.3. The van der Waals surface area contributed by atoms with E-state index in [1.807, 2.05) is 60.7 Å². The summed E-state index contributed by atoms with van der Waals surface area (Å²) in [4.78, 5) is 8.54. The fourth-order valence-electron chi connectivity index (χ4n) is 4.09. The van der Waals surface area contributed by atoms with Crippen molar-refractivity contribution in [1.82, 2.24) is 9.97 Å². The van der Waals surface area contributed by atoms with Crippen molar-refractivity contribution in [3.05, 3.63) is 133 Å². The maximum Gasteiger partial charge on any atom is 3.00 e. The molecule has 0 aliphatic heterocycles. The van der Waals surface area contributed by atoms with E-state index in [1.165, 1.54) is 24.3 Å². The normalized spacial score (nSPS) is 10.5. The zero-order valence-electron chi connectivity index (χ0n) is 19.1. The van der Waals surface area contributed by atoms with Crippen LogP contribution in [0.3, 0.4) is 0 Å². The molecule has 0 atom stereocenters. The third-order valence-electron chi connectivity index (χ3n) is 5.61. The molecule has 0 bridgehead atoms. The van der Waals surface area contributed by atoms with E-state index >= 15 is 0 Å². The van der Waals surface area contributed by atoms with Crippen LogP contribution in [-0.4, -0.2) is 9.97 Å². The number of halogens is 4. The fraction of sp³-hybridized carbons (Fsp3) is 0. The minimum absolute atomic E-state index is 0. The first-order valence-electron chi connectivity index (χ1n) is 11.1. The summed E-state index contributed by atoms with van der Waals surface area (Å²) in [5.74, 6) is -2.34. The number of benzene rings is 4. The number of nitrogens with zero attached hydrogens (tertiary/aromatic N) is 2. The van der Waals surface area contributed by atoms with Gasteiger partial charge in [0.25, 0.3) is 0 Å². The summed E-state index contributed by atoms with van der Waals surface area (Å²) in [6.07, 6.45) is 3.34. The van der Waals surface area contributed by atoms with Gasteiger partial charge < -0.3 is 0 Å². The molecule has 2 nitrogen and oxygen atoms in total. The molecule has 0 fully saturated rings. The number of fused-ring (bicyclic) bond motifs is 2. The van der Waals surface area contributed by atoms with Gasteiger partial charge in [0.15, 0.2) is 0 Å². The van der Waals surface area contributed by atoms with Crippen molar-refractivity contribution in [2.75, 3.05) is 0 Å². The molecule has 37 heavy (non-hydrogen) atoms. The largest absolute Gasteiger partial charge is 3.00 e. The van der Waals surface area contributed by atoms with Gasteiger partial charge in [0.1, 0.15) is 23.3 Å². The van der Waals surface area contributed by atoms with Gasteiger partial charge in [-0.2, -0.15) is 0 Å². The Bertz CT molecular complexity index is 1530. The standard InChI is InChI=1S/2C15H9F2N.Ir/c2*16-12-7-11(8-13(17)9-12)14-5-1-3-10-4-2-6-18-15(10)14;/h2*1-9H;/q;;+3. The number of hydrogen-bond donors (Lipinski definition) is 0. The number of rotatable bonds is 2. The van der Waals surface area contributed by atoms with Crippen LogP contribution in [0, 0.1) is 23.3 Å². The van der Waals surface area contributed by atoms with Crippen LogP contribution in [0.25, 0.3) is 44.1 Å². The van der Waals surface area contributed by atoms with Gasteiger partial charge in [0.2, 0.25) is 0 Å². The Hall–Kier alpha value is -3.93. The zero-order valence-corrected chi connectivity index (χ0v) is 21.5. The predicted molar refractivity (Wildman–Crippen MR) is 134 cm³/mol. The molecule has 4 aromatic carbocycles. The molecule has 6 aromatic rings. The van der Waals surface area contributed by atoms with Gasteiger partial charge in [-0.25, -0.2) is 17.6 Å². The fourth-order valence-corrected chi connectivity index (χ4v) is 4.09. The van der Waals surface area contributed by atoms with Crippen LogP contribution in [0.1, 0.15) is 0 Å². The topological polar surface area (TPSA) is 25.8 Å². The van der Waals surface area contributed by atoms with E-state index in [4.69, 9.17) is 0 Å². The molecule has 0 N–H and O–H groups in total. The van der Waals surface area contributed by atoms with E-state index in [0.717, 1.165) is 45.1 Å². The first kappa shape index (κ1) is 26.1. The number of hydrogen-bond acceptors (Lipinski definition) is 2. The third kappa shape index (κ3) is 5.91. The second-order valence-electron chi connectivity index (χ2n) is 8.08. The monoisotopic (exact) mass is 675 g/mol. The van der Waals surface area contributed by atoms with Crippen molar-refractivity contribution in [1.29, 1.82) is 0 Å². The van der Waals surface area contributed by atoms with Gasteiger partial charge in [0.05, 0.1) is 11.0 Å². The summed E-state index contributed by atoms with van der Waals surface area (Å²) in [5.41, 5.74) is 3.93. The summed E-state index contributed by atoms with van der Waals surface area (Å²) in [5, 5.41) is 1.89. The Morgan fingerprint density at radius 1 is 0.432 bits per heavy atom. The Kier molecular flexibility index (Phi) is 8.07. The van der Waals surface area contributed by atoms with Crippen molar-refractivity contribution in [3.8, 4) is 22.3 Å². The van der Waals surface area contributed by atoms with Crippen LogP contribution in [0.4, 0.5) is 17.6 Å². The van der Waals surface area contributed by atoms with Crippen molar-refractivity contribution in [2.24, 2.45) is 0 Å². The van der Waals surface area contributed by atoms with Crippen LogP contribution in [0.2, 0.25) is 0 Å². The van der Waals surface area contributed by atoms with E-state index in [0.29, 0.717) is 11.1 Å².